The number of hydrogen-bond donors (Lipinski definition) is 0. The summed E-state index contributed by atoms with van der Waals surface area (Å²) in [6.45, 7) is 6.66. The minimum absolute atomic E-state index is 0.0320. The molecule has 144 valence electrons. The molecule has 6 unspecified atom stereocenters. The Hall–Kier alpha value is -1.38. The molecule has 0 bridgehead atoms. The lowest BCUT2D eigenvalue weighted by Gasteiger charge is -2.59. The number of allylic oxidation sites excluding steroid dienone is 2. The number of rotatable bonds is 1. The summed E-state index contributed by atoms with van der Waals surface area (Å²) in [6.07, 6.45) is 12.2. The fraction of sp³-hybridized carbons (Fsp3) is 0.750. The van der Waals surface area contributed by atoms with E-state index >= 15 is 0 Å². The van der Waals surface area contributed by atoms with Gasteiger partial charge in [-0.05, 0) is 80.1 Å². The van der Waals surface area contributed by atoms with Crippen molar-refractivity contribution in [2.75, 3.05) is 0 Å². The molecule has 5 fully saturated rings. The third-order valence-corrected chi connectivity index (χ3v) is 9.81. The van der Waals surface area contributed by atoms with E-state index in [9.17, 15) is 9.59 Å². The molecule has 1 heterocycles. The summed E-state index contributed by atoms with van der Waals surface area (Å²) in [7, 11) is 0. The fourth-order valence-corrected chi connectivity index (χ4v) is 8.87. The van der Waals surface area contributed by atoms with Crippen molar-refractivity contribution in [1.82, 2.24) is 0 Å². The second-order valence-corrected chi connectivity index (χ2v) is 10.5. The third kappa shape index (κ3) is 1.89. The highest BCUT2D eigenvalue weighted by Crippen LogP contribution is 2.78. The molecule has 1 spiro atoms. The summed E-state index contributed by atoms with van der Waals surface area (Å²) >= 11 is 0. The van der Waals surface area contributed by atoms with E-state index in [-0.39, 0.29) is 17.0 Å². The van der Waals surface area contributed by atoms with Crippen molar-refractivity contribution >= 4 is 11.8 Å². The van der Waals surface area contributed by atoms with E-state index in [1.807, 2.05) is 6.08 Å². The summed E-state index contributed by atoms with van der Waals surface area (Å²) in [5.41, 5.74) is 1.38. The first kappa shape index (κ1) is 16.6. The van der Waals surface area contributed by atoms with E-state index in [1.165, 1.54) is 24.8 Å². The van der Waals surface area contributed by atoms with Gasteiger partial charge in [0.15, 0.2) is 5.78 Å². The molecule has 0 aromatic rings. The van der Waals surface area contributed by atoms with Gasteiger partial charge in [-0.15, -0.1) is 6.58 Å². The Morgan fingerprint density at radius 3 is 2.78 bits per heavy atom. The van der Waals surface area contributed by atoms with E-state index in [4.69, 9.17) is 4.74 Å². The van der Waals surface area contributed by atoms with Crippen LogP contribution in [0.15, 0.2) is 24.3 Å². The minimum atomic E-state index is -0.172. The van der Waals surface area contributed by atoms with Gasteiger partial charge in [0.05, 0.1) is 0 Å². The maximum Gasteiger partial charge on any atom is 0.306 e. The van der Waals surface area contributed by atoms with Gasteiger partial charge in [-0.25, -0.2) is 0 Å². The average Bonchev–Trinajstić information content (AvgIpc) is 3.29. The molecule has 27 heavy (non-hydrogen) atoms. The van der Waals surface area contributed by atoms with Crippen LogP contribution in [0.1, 0.15) is 58.3 Å². The van der Waals surface area contributed by atoms with Gasteiger partial charge in [0, 0.05) is 24.2 Å². The van der Waals surface area contributed by atoms with Crippen LogP contribution in [0.2, 0.25) is 0 Å². The topological polar surface area (TPSA) is 43.4 Å². The van der Waals surface area contributed by atoms with Crippen LogP contribution in [0.5, 0.6) is 0 Å². The zero-order chi connectivity index (χ0) is 18.6. The molecule has 6 rings (SSSR count). The molecule has 6 aliphatic rings. The molecule has 5 aliphatic carbocycles. The zero-order valence-electron chi connectivity index (χ0n) is 16.3. The van der Waals surface area contributed by atoms with Crippen LogP contribution in [0.3, 0.4) is 0 Å². The Kier molecular flexibility index (Phi) is 3.16. The van der Waals surface area contributed by atoms with E-state index in [0.29, 0.717) is 47.7 Å². The van der Waals surface area contributed by atoms with Gasteiger partial charge in [0.2, 0.25) is 0 Å². The van der Waals surface area contributed by atoms with Gasteiger partial charge in [-0.3, -0.25) is 9.59 Å². The van der Waals surface area contributed by atoms with Crippen molar-refractivity contribution in [3.05, 3.63) is 24.3 Å². The van der Waals surface area contributed by atoms with Crippen molar-refractivity contribution in [1.29, 1.82) is 0 Å². The largest absolute Gasteiger partial charge is 0.458 e. The standard InChI is InChI=1S/C24H30O3/c1-3-13-10-14-11-15(25)4-5-16(14)17-6-8-23(2)22(21(13)17)18-12-19(18)24(23)9-7-20(26)27-24/h3,11,13,16-19,21-22H,1,4-10,12H2,2H3/t13?,16?,17?,18-,19+,21?,22?,23?,24-/m0/s1. The molecular weight excluding hydrogens is 336 g/mol. The third-order valence-electron chi connectivity index (χ3n) is 9.81. The second kappa shape index (κ2) is 5.15. The first-order valence-corrected chi connectivity index (χ1v) is 11.1. The van der Waals surface area contributed by atoms with Crippen LogP contribution >= 0.6 is 0 Å². The van der Waals surface area contributed by atoms with Gasteiger partial charge in [-0.1, -0.05) is 18.6 Å². The maximum absolute atomic E-state index is 12.1. The molecule has 0 amide bonds. The van der Waals surface area contributed by atoms with Crippen LogP contribution in [0, 0.1) is 46.8 Å². The second-order valence-electron chi connectivity index (χ2n) is 10.5. The van der Waals surface area contributed by atoms with Crippen LogP contribution in [0.25, 0.3) is 0 Å². The number of fused-ring (bicyclic) bond motifs is 9. The smallest absolute Gasteiger partial charge is 0.306 e. The summed E-state index contributed by atoms with van der Waals surface area (Å²) in [5, 5.41) is 0. The number of ether oxygens (including phenoxy) is 1. The van der Waals surface area contributed by atoms with E-state index in [1.54, 1.807) is 0 Å². The quantitative estimate of drug-likeness (QED) is 0.508. The summed E-state index contributed by atoms with van der Waals surface area (Å²) in [4.78, 5) is 24.1. The van der Waals surface area contributed by atoms with Gasteiger partial charge in [0.1, 0.15) is 5.60 Å². The van der Waals surface area contributed by atoms with Crippen molar-refractivity contribution in [3.8, 4) is 0 Å². The number of esters is 1. The predicted molar refractivity (Wildman–Crippen MR) is 102 cm³/mol. The molecule has 3 nitrogen and oxygen atoms in total. The minimum Gasteiger partial charge on any atom is -0.458 e. The van der Waals surface area contributed by atoms with Crippen LogP contribution in [-0.4, -0.2) is 17.4 Å². The fourth-order valence-electron chi connectivity index (χ4n) is 8.87. The molecule has 0 radical (unpaired) electrons. The lowest BCUT2D eigenvalue weighted by Crippen LogP contribution is -2.56. The van der Waals surface area contributed by atoms with Crippen molar-refractivity contribution < 1.29 is 14.3 Å². The van der Waals surface area contributed by atoms with Crippen molar-refractivity contribution in [2.45, 2.75) is 63.9 Å². The molecule has 0 aromatic carbocycles. The van der Waals surface area contributed by atoms with Crippen LogP contribution in [-0.2, 0) is 14.3 Å². The Labute approximate surface area is 161 Å². The molecule has 0 aromatic heterocycles. The van der Waals surface area contributed by atoms with Gasteiger partial charge < -0.3 is 4.74 Å². The van der Waals surface area contributed by atoms with Crippen LogP contribution in [0.4, 0.5) is 0 Å². The Morgan fingerprint density at radius 1 is 1.19 bits per heavy atom. The molecule has 9 atom stereocenters. The first-order valence-electron chi connectivity index (χ1n) is 11.1. The monoisotopic (exact) mass is 366 g/mol. The molecule has 1 aliphatic heterocycles. The normalized spacial score (nSPS) is 55.1. The highest BCUT2D eigenvalue weighted by molar-refractivity contribution is 5.91. The Balaban J connectivity index is 1.42. The van der Waals surface area contributed by atoms with Crippen molar-refractivity contribution in [2.24, 2.45) is 46.8 Å². The first-order chi connectivity index (χ1) is 13.0. The molecule has 3 heteroatoms. The van der Waals surface area contributed by atoms with E-state index in [0.717, 1.165) is 31.6 Å². The lowest BCUT2D eigenvalue weighted by atomic mass is 9.46. The number of ketones is 1. The van der Waals surface area contributed by atoms with E-state index < -0.39 is 0 Å². The Bertz CT molecular complexity index is 780. The maximum atomic E-state index is 12.1. The van der Waals surface area contributed by atoms with Gasteiger partial charge >= 0.3 is 5.97 Å². The van der Waals surface area contributed by atoms with Gasteiger partial charge in [0.25, 0.3) is 0 Å². The summed E-state index contributed by atoms with van der Waals surface area (Å²) < 4.78 is 6.18. The number of carbonyl (C=O) groups is 2. The van der Waals surface area contributed by atoms with Crippen LogP contribution < -0.4 is 0 Å². The molecule has 0 N–H and O–H groups in total. The number of hydrogen-bond acceptors (Lipinski definition) is 3. The van der Waals surface area contributed by atoms with Gasteiger partial charge in [-0.2, -0.15) is 0 Å². The number of carbonyl (C=O) groups excluding carboxylic acids is 2. The zero-order valence-corrected chi connectivity index (χ0v) is 16.3. The highest BCUT2D eigenvalue weighted by Gasteiger charge is 2.79. The highest BCUT2D eigenvalue weighted by atomic mass is 16.6. The summed E-state index contributed by atoms with van der Waals surface area (Å²) in [5.74, 6) is 4.79. The Morgan fingerprint density at radius 2 is 2.04 bits per heavy atom. The molecule has 1 saturated heterocycles. The van der Waals surface area contributed by atoms with Crippen molar-refractivity contribution in [3.63, 3.8) is 0 Å². The summed E-state index contributed by atoms with van der Waals surface area (Å²) in [6, 6.07) is 0. The predicted octanol–water partition coefficient (Wildman–Crippen LogP) is 4.47. The van der Waals surface area contributed by atoms with E-state index in [2.05, 4.69) is 19.6 Å². The SMILES string of the molecule is C=CC1CC2=CC(=O)CCC2C2CCC3(C)C(C12)[C@H]1C[C@H]1[C@@]31CCC(=O)O1. The molecule has 4 saturated carbocycles. The lowest BCUT2D eigenvalue weighted by molar-refractivity contribution is -0.175. The molecular formula is C24H30O3. The average molecular weight is 367 g/mol.